The predicted octanol–water partition coefficient (Wildman–Crippen LogP) is 1.62. The monoisotopic (exact) mass is 255 g/mol. The second kappa shape index (κ2) is 6.14. The summed E-state index contributed by atoms with van der Waals surface area (Å²) in [6, 6.07) is 5.88. The zero-order valence-electron chi connectivity index (χ0n) is 9.85. The second-order valence-corrected chi connectivity index (χ2v) is 4.92. The number of nitrogens with two attached hydrogens (primary N) is 1. The fourth-order valence-corrected chi connectivity index (χ4v) is 2.23. The molecule has 0 aromatic heterocycles. The normalized spacial score (nSPS) is 15.4. The summed E-state index contributed by atoms with van der Waals surface area (Å²) in [4.78, 5) is 4.62. The maximum atomic E-state index is 5.96. The Kier molecular flexibility index (Phi) is 4.53. The molecule has 1 heterocycles. The maximum Gasteiger partial charge on any atom is 0.164 e. The molecule has 0 saturated carbocycles. The van der Waals surface area contributed by atoms with Crippen LogP contribution in [0.25, 0.3) is 0 Å². The van der Waals surface area contributed by atoms with Gasteiger partial charge in [-0.25, -0.2) is 5.90 Å². The van der Waals surface area contributed by atoms with Gasteiger partial charge in [0.25, 0.3) is 0 Å². The van der Waals surface area contributed by atoms with Gasteiger partial charge in [-0.1, -0.05) is 12.1 Å². The Labute approximate surface area is 105 Å². The van der Waals surface area contributed by atoms with E-state index < -0.39 is 0 Å². The predicted molar refractivity (Wildman–Crippen MR) is 68.6 cm³/mol. The first-order chi connectivity index (χ1) is 8.35. The van der Waals surface area contributed by atoms with Gasteiger partial charge in [-0.05, 0) is 6.07 Å². The molecular formula is C12H17NO3S. The third kappa shape index (κ3) is 3.06. The van der Waals surface area contributed by atoms with Crippen LogP contribution < -0.4 is 15.4 Å². The van der Waals surface area contributed by atoms with Crippen LogP contribution in [0.15, 0.2) is 18.2 Å². The number of ether oxygens (including phenoxy) is 2. The van der Waals surface area contributed by atoms with Crippen molar-refractivity contribution in [1.82, 2.24) is 0 Å². The Morgan fingerprint density at radius 2 is 2.24 bits per heavy atom. The fraction of sp³-hybridized carbons (Fsp3) is 0.500. The van der Waals surface area contributed by atoms with Crippen LogP contribution in [0, 0.1) is 0 Å². The van der Waals surface area contributed by atoms with E-state index in [0.29, 0.717) is 12.7 Å². The van der Waals surface area contributed by atoms with E-state index in [0.717, 1.165) is 35.0 Å². The molecule has 94 valence electrons. The van der Waals surface area contributed by atoms with Crippen LogP contribution in [0.1, 0.15) is 5.56 Å². The van der Waals surface area contributed by atoms with Gasteiger partial charge < -0.3 is 14.3 Å². The van der Waals surface area contributed by atoms with Gasteiger partial charge >= 0.3 is 0 Å². The summed E-state index contributed by atoms with van der Waals surface area (Å²) in [7, 11) is 1.65. The highest BCUT2D eigenvalue weighted by molar-refractivity contribution is 8.00. The highest BCUT2D eigenvalue weighted by atomic mass is 32.2. The van der Waals surface area contributed by atoms with Gasteiger partial charge in [-0.3, -0.25) is 0 Å². The van der Waals surface area contributed by atoms with E-state index in [1.54, 1.807) is 7.11 Å². The van der Waals surface area contributed by atoms with Gasteiger partial charge in [0.15, 0.2) is 11.5 Å². The van der Waals surface area contributed by atoms with Crippen molar-refractivity contribution in [2.45, 2.75) is 12.5 Å². The van der Waals surface area contributed by atoms with E-state index >= 15 is 0 Å². The van der Waals surface area contributed by atoms with Crippen LogP contribution in [0.3, 0.4) is 0 Å². The van der Waals surface area contributed by atoms with Crippen molar-refractivity contribution in [1.29, 1.82) is 0 Å². The summed E-state index contributed by atoms with van der Waals surface area (Å²) in [6.07, 6.45) is 1.02. The third-order valence-corrected chi connectivity index (χ3v) is 3.88. The first-order valence-corrected chi connectivity index (χ1v) is 6.72. The smallest absolute Gasteiger partial charge is 0.164 e. The average Bonchev–Trinajstić information content (AvgIpc) is 2.31. The number of thioether (sulfide) groups is 1. The van der Waals surface area contributed by atoms with Crippen molar-refractivity contribution >= 4 is 11.8 Å². The van der Waals surface area contributed by atoms with Gasteiger partial charge in [0.05, 0.1) is 13.7 Å². The Morgan fingerprint density at radius 1 is 1.41 bits per heavy atom. The van der Waals surface area contributed by atoms with Crippen molar-refractivity contribution in [2.24, 2.45) is 5.90 Å². The minimum absolute atomic E-state index is 0.300. The molecule has 1 aromatic carbocycles. The quantitative estimate of drug-likeness (QED) is 0.783. The minimum atomic E-state index is 0.300. The fourth-order valence-electron chi connectivity index (χ4n) is 1.67. The van der Waals surface area contributed by atoms with Crippen LogP contribution in [0.4, 0.5) is 0 Å². The number of rotatable bonds is 6. The van der Waals surface area contributed by atoms with Crippen molar-refractivity contribution in [2.75, 3.05) is 25.2 Å². The molecule has 1 aliphatic heterocycles. The van der Waals surface area contributed by atoms with E-state index in [4.69, 9.17) is 15.4 Å². The molecule has 0 aliphatic carbocycles. The molecule has 2 N–H and O–H groups in total. The number of hydrogen-bond acceptors (Lipinski definition) is 5. The molecule has 2 rings (SSSR count). The molecule has 1 aliphatic rings. The molecule has 0 radical (unpaired) electrons. The van der Waals surface area contributed by atoms with Gasteiger partial charge in [-0.15, -0.1) is 0 Å². The number of methoxy groups -OCH3 is 1. The molecule has 0 amide bonds. The summed E-state index contributed by atoms with van der Waals surface area (Å²) in [5.74, 6) is 8.76. The lowest BCUT2D eigenvalue weighted by Gasteiger charge is -2.27. The van der Waals surface area contributed by atoms with Gasteiger partial charge in [-0.2, -0.15) is 11.8 Å². The number of para-hydroxylation sites is 1. The van der Waals surface area contributed by atoms with E-state index in [9.17, 15) is 0 Å². The molecule has 0 spiro atoms. The topological polar surface area (TPSA) is 53.7 Å². The standard InChI is InChI=1S/C12H17NO3S/c1-14-11-4-2-3-9(5-6-15-13)12(11)16-10-7-17-8-10/h2-4,10H,5-8,13H2,1H3. The SMILES string of the molecule is COc1cccc(CCON)c1OC1CSC1. The number of hydrogen-bond donors (Lipinski definition) is 1. The Morgan fingerprint density at radius 3 is 2.82 bits per heavy atom. The van der Waals surface area contributed by atoms with Crippen LogP contribution >= 0.6 is 11.8 Å². The molecule has 0 unspecified atom stereocenters. The molecule has 1 fully saturated rings. The zero-order valence-corrected chi connectivity index (χ0v) is 10.7. The van der Waals surface area contributed by atoms with Crippen molar-refractivity contribution in [3.8, 4) is 11.5 Å². The number of benzene rings is 1. The van der Waals surface area contributed by atoms with Crippen molar-refractivity contribution in [3.63, 3.8) is 0 Å². The van der Waals surface area contributed by atoms with Crippen LogP contribution in [0.2, 0.25) is 0 Å². The molecule has 0 bridgehead atoms. The first-order valence-electron chi connectivity index (χ1n) is 5.57. The summed E-state index contributed by atoms with van der Waals surface area (Å²) < 4.78 is 11.3. The Hall–Kier alpha value is -0.910. The highest BCUT2D eigenvalue weighted by Gasteiger charge is 2.22. The van der Waals surface area contributed by atoms with Crippen LogP contribution in [0.5, 0.6) is 11.5 Å². The van der Waals surface area contributed by atoms with Gasteiger partial charge in [0, 0.05) is 23.5 Å². The molecule has 17 heavy (non-hydrogen) atoms. The van der Waals surface area contributed by atoms with E-state index in [-0.39, 0.29) is 0 Å². The lowest BCUT2D eigenvalue weighted by atomic mass is 10.1. The zero-order chi connectivity index (χ0) is 12.1. The van der Waals surface area contributed by atoms with Crippen LogP contribution in [-0.4, -0.2) is 31.3 Å². The Balaban J connectivity index is 2.16. The van der Waals surface area contributed by atoms with E-state index in [1.807, 2.05) is 30.0 Å². The lowest BCUT2D eigenvalue weighted by Crippen LogP contribution is -2.31. The van der Waals surface area contributed by atoms with Crippen LogP contribution in [-0.2, 0) is 11.3 Å². The van der Waals surface area contributed by atoms with Crippen molar-refractivity contribution in [3.05, 3.63) is 23.8 Å². The molecule has 4 nitrogen and oxygen atoms in total. The van der Waals surface area contributed by atoms with E-state index in [1.165, 1.54) is 0 Å². The highest BCUT2D eigenvalue weighted by Crippen LogP contribution is 2.34. The van der Waals surface area contributed by atoms with Gasteiger partial charge in [0.2, 0.25) is 0 Å². The summed E-state index contributed by atoms with van der Waals surface area (Å²) in [5, 5.41) is 0. The first kappa shape index (κ1) is 12.5. The lowest BCUT2D eigenvalue weighted by molar-refractivity contribution is 0.139. The molecule has 0 atom stereocenters. The van der Waals surface area contributed by atoms with Crippen molar-refractivity contribution < 1.29 is 14.3 Å². The summed E-state index contributed by atoms with van der Waals surface area (Å²) in [5.41, 5.74) is 1.08. The average molecular weight is 255 g/mol. The minimum Gasteiger partial charge on any atom is -0.493 e. The van der Waals surface area contributed by atoms with E-state index in [2.05, 4.69) is 4.84 Å². The Bertz CT molecular complexity index is 369. The maximum absolute atomic E-state index is 5.96. The summed E-state index contributed by atoms with van der Waals surface area (Å²) >= 11 is 1.89. The second-order valence-electron chi connectivity index (χ2n) is 3.85. The molecule has 1 saturated heterocycles. The largest absolute Gasteiger partial charge is 0.493 e. The molecular weight excluding hydrogens is 238 g/mol. The molecule has 5 heteroatoms. The van der Waals surface area contributed by atoms with Gasteiger partial charge in [0.1, 0.15) is 6.10 Å². The molecule has 1 aromatic rings. The third-order valence-electron chi connectivity index (χ3n) is 2.66. The summed E-state index contributed by atoms with van der Waals surface area (Å²) in [6.45, 7) is 0.475.